The van der Waals surface area contributed by atoms with E-state index >= 15 is 0 Å². The minimum Gasteiger partial charge on any atom is -0.489 e. The van der Waals surface area contributed by atoms with Crippen molar-refractivity contribution in [3.05, 3.63) is 64.7 Å². The quantitative estimate of drug-likeness (QED) is 0.645. The second-order valence-electron chi connectivity index (χ2n) is 8.33. The Bertz CT molecular complexity index is 1270. The number of amides is 4. The van der Waals surface area contributed by atoms with Crippen LogP contribution in [0.25, 0.3) is 0 Å². The van der Waals surface area contributed by atoms with E-state index in [0.717, 1.165) is 10.5 Å². The number of morpholine rings is 1. The number of hydrogen-bond donors (Lipinski definition) is 1. The Morgan fingerprint density at radius 3 is 2.68 bits per heavy atom. The molecule has 0 saturated carbocycles. The van der Waals surface area contributed by atoms with Gasteiger partial charge in [-0.1, -0.05) is 30.3 Å². The van der Waals surface area contributed by atoms with Crippen molar-refractivity contribution in [1.82, 2.24) is 15.1 Å². The summed E-state index contributed by atoms with van der Waals surface area (Å²) in [5, 5.41) is 2.29. The maximum absolute atomic E-state index is 13.0. The Morgan fingerprint density at radius 2 is 1.88 bits per heavy atom. The van der Waals surface area contributed by atoms with Crippen molar-refractivity contribution in [1.29, 1.82) is 0 Å². The van der Waals surface area contributed by atoms with Crippen LogP contribution in [0.1, 0.15) is 44.0 Å². The average molecular weight is 467 g/mol. The maximum Gasteiger partial charge on any atom is 0.255 e. The lowest BCUT2D eigenvalue weighted by molar-refractivity contribution is -0.143. The molecule has 3 heterocycles. The summed E-state index contributed by atoms with van der Waals surface area (Å²) in [4.78, 5) is 51.4. The Morgan fingerprint density at radius 1 is 1.09 bits per heavy atom. The molecule has 2 unspecified atom stereocenters. The standard InChI is InChI=1S/C25H25N3O6/c29-22-9-8-20(24(31)26-22)28-13-19-18(25(28)32)2-1-3-21(19)34-14-17-6-4-16(5-7-17)12-27-10-11-33-15-23(27)30/h1-7,20H,8-15H2,(H,26,29,31)/i10D2,11D. The summed E-state index contributed by atoms with van der Waals surface area (Å²) in [5.74, 6) is -1.06. The molecule has 176 valence electrons. The van der Waals surface area contributed by atoms with Crippen LogP contribution in [0.2, 0.25) is 0 Å². The van der Waals surface area contributed by atoms with Crippen molar-refractivity contribution in [2.45, 2.75) is 38.6 Å². The first kappa shape index (κ1) is 18.7. The van der Waals surface area contributed by atoms with Crippen LogP contribution in [-0.4, -0.2) is 59.2 Å². The Balaban J connectivity index is 1.24. The molecule has 2 aromatic rings. The first-order valence-corrected chi connectivity index (χ1v) is 11.0. The van der Waals surface area contributed by atoms with E-state index in [0.29, 0.717) is 22.4 Å². The largest absolute Gasteiger partial charge is 0.489 e. The van der Waals surface area contributed by atoms with E-state index in [-0.39, 0.29) is 51.0 Å². The monoisotopic (exact) mass is 466 g/mol. The van der Waals surface area contributed by atoms with E-state index in [9.17, 15) is 19.2 Å². The van der Waals surface area contributed by atoms with Crippen LogP contribution in [0.5, 0.6) is 5.75 Å². The highest BCUT2D eigenvalue weighted by atomic mass is 16.5. The predicted octanol–water partition coefficient (Wildman–Crippen LogP) is 1.39. The number of nitrogens with one attached hydrogen (secondary N) is 1. The fraction of sp³-hybridized carbons (Fsp3) is 0.360. The number of rotatable bonds is 6. The van der Waals surface area contributed by atoms with Gasteiger partial charge >= 0.3 is 0 Å². The van der Waals surface area contributed by atoms with Gasteiger partial charge in [0, 0.05) is 30.6 Å². The van der Waals surface area contributed by atoms with Crippen LogP contribution < -0.4 is 10.1 Å². The van der Waals surface area contributed by atoms with Gasteiger partial charge in [-0.2, -0.15) is 0 Å². The second-order valence-corrected chi connectivity index (χ2v) is 8.33. The third-order valence-corrected chi connectivity index (χ3v) is 6.10. The molecule has 0 aromatic heterocycles. The van der Waals surface area contributed by atoms with Crippen molar-refractivity contribution >= 4 is 23.6 Å². The topological polar surface area (TPSA) is 105 Å². The normalized spacial score (nSPS) is 25.4. The summed E-state index contributed by atoms with van der Waals surface area (Å²) in [6, 6.07) is 11.6. The third-order valence-electron chi connectivity index (χ3n) is 6.10. The number of fused-ring (bicyclic) bond motifs is 1. The van der Waals surface area contributed by atoms with Gasteiger partial charge in [-0.3, -0.25) is 24.5 Å². The molecule has 3 aliphatic heterocycles. The lowest BCUT2D eigenvalue weighted by atomic mass is 10.0. The zero-order valence-corrected chi connectivity index (χ0v) is 18.3. The summed E-state index contributed by atoms with van der Waals surface area (Å²) in [6.45, 7) is -3.61. The lowest BCUT2D eigenvalue weighted by Crippen LogP contribution is -2.52. The molecule has 0 spiro atoms. The summed E-state index contributed by atoms with van der Waals surface area (Å²) in [7, 11) is 0. The summed E-state index contributed by atoms with van der Waals surface area (Å²) < 4.78 is 34.7. The minimum absolute atomic E-state index is 0.0101. The zero-order chi connectivity index (χ0) is 26.3. The molecule has 9 nitrogen and oxygen atoms in total. The van der Waals surface area contributed by atoms with Gasteiger partial charge in [-0.15, -0.1) is 0 Å². The van der Waals surface area contributed by atoms with Crippen molar-refractivity contribution in [3.63, 3.8) is 0 Å². The van der Waals surface area contributed by atoms with Crippen LogP contribution in [-0.2, 0) is 38.8 Å². The molecule has 9 heteroatoms. The van der Waals surface area contributed by atoms with Gasteiger partial charge in [-0.25, -0.2) is 0 Å². The smallest absolute Gasteiger partial charge is 0.255 e. The van der Waals surface area contributed by atoms with Gasteiger partial charge in [0.25, 0.3) is 5.91 Å². The van der Waals surface area contributed by atoms with E-state index in [4.69, 9.17) is 13.6 Å². The van der Waals surface area contributed by atoms with E-state index in [1.807, 2.05) is 0 Å². The molecule has 0 radical (unpaired) electrons. The molecule has 2 fully saturated rings. The van der Waals surface area contributed by atoms with Crippen molar-refractivity contribution in [2.24, 2.45) is 0 Å². The lowest BCUT2D eigenvalue weighted by Gasteiger charge is -2.29. The number of carbonyl (C=O) groups is 4. The third kappa shape index (κ3) is 4.38. The highest BCUT2D eigenvalue weighted by Gasteiger charge is 2.40. The molecule has 4 amide bonds. The maximum atomic E-state index is 13.0. The van der Waals surface area contributed by atoms with Crippen molar-refractivity contribution in [3.8, 4) is 5.75 Å². The van der Waals surface area contributed by atoms with Gasteiger partial charge in [0.05, 0.1) is 17.2 Å². The highest BCUT2D eigenvalue weighted by Crippen LogP contribution is 2.34. The molecule has 2 atom stereocenters. The van der Waals surface area contributed by atoms with E-state index in [1.54, 1.807) is 42.5 Å². The number of benzene rings is 2. The van der Waals surface area contributed by atoms with Gasteiger partial charge < -0.3 is 19.3 Å². The van der Waals surface area contributed by atoms with Crippen LogP contribution in [0.4, 0.5) is 0 Å². The number of ether oxygens (including phenoxy) is 2. The molecular formula is C25H25N3O6. The van der Waals surface area contributed by atoms with E-state index in [2.05, 4.69) is 5.32 Å². The summed E-state index contributed by atoms with van der Waals surface area (Å²) >= 11 is 0. The number of hydrogen-bond acceptors (Lipinski definition) is 6. The Labute approximate surface area is 200 Å². The number of piperidine rings is 1. The van der Waals surface area contributed by atoms with Gasteiger partial charge in [0.2, 0.25) is 17.7 Å². The number of nitrogens with zero attached hydrogens (tertiary/aromatic N) is 2. The molecule has 0 bridgehead atoms. The van der Waals surface area contributed by atoms with Gasteiger partial charge in [0.1, 0.15) is 25.0 Å². The molecule has 1 N–H and O–H groups in total. The van der Waals surface area contributed by atoms with Crippen LogP contribution in [0.3, 0.4) is 0 Å². The SMILES string of the molecule is [2H]C1OCC(=O)N(Cc2ccc(COc3cccc4c3CN(C3CCC(=O)NC3=O)C4=O)cc2)C1([2H])[2H]. The molecule has 2 saturated heterocycles. The number of carbonyl (C=O) groups excluding carboxylic acids is 4. The molecule has 34 heavy (non-hydrogen) atoms. The van der Waals surface area contributed by atoms with Crippen LogP contribution >= 0.6 is 0 Å². The first-order valence-electron chi connectivity index (χ1n) is 12.5. The molecular weight excluding hydrogens is 438 g/mol. The fourth-order valence-corrected chi connectivity index (χ4v) is 4.27. The predicted molar refractivity (Wildman–Crippen MR) is 119 cm³/mol. The summed E-state index contributed by atoms with van der Waals surface area (Å²) in [6.07, 6.45) is 0.469. The molecule has 0 aliphatic carbocycles. The molecule has 2 aromatic carbocycles. The number of imide groups is 1. The van der Waals surface area contributed by atoms with E-state index < -0.39 is 30.9 Å². The Hall–Kier alpha value is -3.72. The average Bonchev–Trinajstić information content (AvgIpc) is 3.20. The Kier molecular flexibility index (Phi) is 5.09. The van der Waals surface area contributed by atoms with Gasteiger partial charge in [0.15, 0.2) is 0 Å². The second kappa shape index (κ2) is 9.26. The van der Waals surface area contributed by atoms with E-state index in [1.165, 1.54) is 4.90 Å². The van der Waals surface area contributed by atoms with Crippen molar-refractivity contribution < 1.29 is 32.8 Å². The zero-order valence-electron chi connectivity index (χ0n) is 21.3. The highest BCUT2D eigenvalue weighted by molar-refractivity contribution is 6.05. The molecule has 5 rings (SSSR count). The minimum atomic E-state index is -2.23. The summed E-state index contributed by atoms with van der Waals surface area (Å²) in [5.41, 5.74) is 2.67. The fourth-order valence-electron chi connectivity index (χ4n) is 4.27. The van der Waals surface area contributed by atoms with Crippen molar-refractivity contribution in [2.75, 3.05) is 19.7 Å². The van der Waals surface area contributed by atoms with Crippen LogP contribution in [0.15, 0.2) is 42.5 Å². The first-order chi connectivity index (χ1) is 17.6. The van der Waals surface area contributed by atoms with Gasteiger partial charge in [-0.05, 0) is 29.7 Å². The van der Waals surface area contributed by atoms with Crippen LogP contribution in [0, 0.1) is 0 Å². The molecule has 3 aliphatic rings.